The Kier molecular flexibility index (Phi) is 3.99. The first-order chi connectivity index (χ1) is 13.1. The van der Waals surface area contributed by atoms with E-state index in [0.29, 0.717) is 5.03 Å². The maximum Gasteiger partial charge on any atom is 0.404 e. The quantitative estimate of drug-likeness (QED) is 0.753. The smallest absolute Gasteiger partial charge is 0.404 e. The van der Waals surface area contributed by atoms with E-state index in [4.69, 9.17) is 22.1 Å². The molecule has 2 aliphatic carbocycles. The maximum absolute atomic E-state index is 13.3. The summed E-state index contributed by atoms with van der Waals surface area (Å²) in [5.74, 6) is -0.877. The number of hydrogen-bond donors (Lipinski definition) is 1. The van der Waals surface area contributed by atoms with Gasteiger partial charge in [0.1, 0.15) is 6.10 Å². The third kappa shape index (κ3) is 2.20. The maximum atomic E-state index is 13.3. The monoisotopic (exact) mass is 400 g/mol. The van der Waals surface area contributed by atoms with E-state index in [1.165, 1.54) is 0 Å². The summed E-state index contributed by atoms with van der Waals surface area (Å²) in [6.07, 6.45) is 2.36. The number of allylic oxidation sites excluding steroid dienone is 2. The first kappa shape index (κ1) is 19.1. The highest BCUT2D eigenvalue weighted by Gasteiger charge is 2.61. The van der Waals surface area contributed by atoms with Gasteiger partial charge in [-0.25, -0.2) is 4.79 Å². The summed E-state index contributed by atoms with van der Waals surface area (Å²) in [5, 5.41) is 0.647. The number of anilines is 1. The average Bonchev–Trinajstić information content (AvgIpc) is 2.86. The molecular formula is C22H25ClN2O3. The summed E-state index contributed by atoms with van der Waals surface area (Å²) >= 11 is 6.79. The number of benzene rings is 1. The van der Waals surface area contributed by atoms with Crippen molar-refractivity contribution in [3.8, 4) is 0 Å². The van der Waals surface area contributed by atoms with E-state index < -0.39 is 23.0 Å². The van der Waals surface area contributed by atoms with Gasteiger partial charge in [0, 0.05) is 35.0 Å². The van der Waals surface area contributed by atoms with Gasteiger partial charge < -0.3 is 15.4 Å². The molecular weight excluding hydrogens is 376 g/mol. The van der Waals surface area contributed by atoms with Gasteiger partial charge in [0.2, 0.25) is 5.91 Å². The summed E-state index contributed by atoms with van der Waals surface area (Å²) in [6, 6.07) is 5.91. The number of nitrogens with zero attached hydrogens (tertiary/aromatic N) is 1. The molecule has 1 heterocycles. The molecule has 2 N–H and O–H groups in total. The zero-order valence-corrected chi connectivity index (χ0v) is 17.3. The number of nitrogens with two attached hydrogens (primary N) is 1. The summed E-state index contributed by atoms with van der Waals surface area (Å²) in [5.41, 5.74) is 7.14. The van der Waals surface area contributed by atoms with Crippen LogP contribution in [0.2, 0.25) is 0 Å². The molecule has 0 radical (unpaired) electrons. The Morgan fingerprint density at radius 2 is 2.04 bits per heavy atom. The minimum atomic E-state index is -0.828. The average molecular weight is 401 g/mol. The largest absolute Gasteiger partial charge is 0.445 e. The van der Waals surface area contributed by atoms with Crippen LogP contribution in [-0.4, -0.2) is 25.2 Å². The lowest BCUT2D eigenvalue weighted by molar-refractivity contribution is -0.122. The lowest BCUT2D eigenvalue weighted by Crippen LogP contribution is -2.49. The summed E-state index contributed by atoms with van der Waals surface area (Å²) in [7, 11) is 1.81. The summed E-state index contributed by atoms with van der Waals surface area (Å²) in [6.45, 7) is 10.1. The number of primary amides is 1. The van der Waals surface area contributed by atoms with Crippen LogP contribution in [0.1, 0.15) is 43.7 Å². The fourth-order valence-corrected chi connectivity index (χ4v) is 5.86. The second-order valence-electron chi connectivity index (χ2n) is 8.84. The Balaban J connectivity index is 2.11. The van der Waals surface area contributed by atoms with Crippen LogP contribution in [0.4, 0.5) is 10.5 Å². The van der Waals surface area contributed by atoms with Crippen molar-refractivity contribution in [1.29, 1.82) is 0 Å². The molecule has 148 valence electrons. The second-order valence-corrected chi connectivity index (χ2v) is 9.25. The minimum absolute atomic E-state index is 0.0441. The van der Waals surface area contributed by atoms with Crippen molar-refractivity contribution < 1.29 is 14.3 Å². The van der Waals surface area contributed by atoms with E-state index in [2.05, 4.69) is 6.58 Å². The molecule has 1 aromatic rings. The van der Waals surface area contributed by atoms with Gasteiger partial charge in [-0.1, -0.05) is 56.7 Å². The molecule has 2 bridgehead atoms. The van der Waals surface area contributed by atoms with E-state index in [1.54, 1.807) is 11.0 Å². The molecule has 6 heteroatoms. The number of rotatable bonds is 2. The molecule has 0 fully saturated rings. The molecule has 0 saturated carbocycles. The number of fused-ring (bicyclic) bond motifs is 3. The van der Waals surface area contributed by atoms with Gasteiger partial charge >= 0.3 is 6.09 Å². The SMILES string of the molecule is C=CC1(C)C(Cl)=CC2C(OC(N)=O)C1c1cccc3c1[C@H](C(=O)N3C)C2(C)C. The van der Waals surface area contributed by atoms with Crippen molar-refractivity contribution in [2.75, 3.05) is 11.9 Å². The van der Waals surface area contributed by atoms with Gasteiger partial charge in [-0.15, -0.1) is 6.58 Å². The molecule has 4 unspecified atom stereocenters. The normalized spacial score (nSPS) is 35.0. The number of likely N-dealkylation sites (N-methyl/N-ethyl adjacent to an activating group) is 1. The number of carbonyl (C=O) groups excluding carboxylic acids is 2. The second kappa shape index (κ2) is 5.86. The summed E-state index contributed by atoms with van der Waals surface area (Å²) < 4.78 is 5.71. The van der Waals surface area contributed by atoms with Crippen LogP contribution >= 0.6 is 11.6 Å². The molecule has 5 atom stereocenters. The number of amides is 2. The predicted octanol–water partition coefficient (Wildman–Crippen LogP) is 4.28. The molecule has 1 aromatic carbocycles. The highest BCUT2D eigenvalue weighted by atomic mass is 35.5. The van der Waals surface area contributed by atoms with Gasteiger partial charge in [-0.3, -0.25) is 4.79 Å². The molecule has 0 saturated heterocycles. The summed E-state index contributed by atoms with van der Waals surface area (Å²) in [4.78, 5) is 26.9. The molecule has 0 aromatic heterocycles. The number of hydrogen-bond acceptors (Lipinski definition) is 3. The highest BCUT2D eigenvalue weighted by Crippen LogP contribution is 2.64. The number of carbonyl (C=O) groups is 2. The van der Waals surface area contributed by atoms with Crippen molar-refractivity contribution in [2.45, 2.75) is 38.7 Å². The Morgan fingerprint density at radius 1 is 1.36 bits per heavy atom. The Labute approximate surface area is 170 Å². The van der Waals surface area contributed by atoms with Crippen molar-refractivity contribution in [3.05, 3.63) is 53.1 Å². The molecule has 28 heavy (non-hydrogen) atoms. The van der Waals surface area contributed by atoms with Gasteiger partial charge in [0.05, 0.1) is 5.92 Å². The van der Waals surface area contributed by atoms with Crippen molar-refractivity contribution in [2.24, 2.45) is 22.5 Å². The topological polar surface area (TPSA) is 72.6 Å². The fraction of sp³-hybridized carbons (Fsp3) is 0.455. The molecule has 2 amide bonds. The molecule has 3 aliphatic rings. The van der Waals surface area contributed by atoms with Crippen LogP contribution in [0.3, 0.4) is 0 Å². The number of halogens is 1. The first-order valence-electron chi connectivity index (χ1n) is 9.43. The van der Waals surface area contributed by atoms with Crippen LogP contribution in [0.15, 0.2) is 42.0 Å². The van der Waals surface area contributed by atoms with E-state index in [1.807, 2.05) is 52.1 Å². The first-order valence-corrected chi connectivity index (χ1v) is 9.81. The van der Waals surface area contributed by atoms with Crippen LogP contribution in [0.5, 0.6) is 0 Å². The molecule has 4 rings (SSSR count). The van der Waals surface area contributed by atoms with Gasteiger partial charge in [0.15, 0.2) is 0 Å². The fourth-order valence-electron chi connectivity index (χ4n) is 5.53. The third-order valence-corrected chi connectivity index (χ3v) is 7.66. The lowest BCUT2D eigenvalue weighted by Gasteiger charge is -2.48. The van der Waals surface area contributed by atoms with Crippen molar-refractivity contribution in [3.63, 3.8) is 0 Å². The van der Waals surface area contributed by atoms with Crippen LogP contribution in [-0.2, 0) is 9.53 Å². The van der Waals surface area contributed by atoms with E-state index in [-0.39, 0.29) is 23.7 Å². The lowest BCUT2D eigenvalue weighted by atomic mass is 9.60. The van der Waals surface area contributed by atoms with Crippen molar-refractivity contribution in [1.82, 2.24) is 0 Å². The Bertz CT molecular complexity index is 938. The van der Waals surface area contributed by atoms with Crippen LogP contribution < -0.4 is 10.6 Å². The Morgan fingerprint density at radius 3 is 2.64 bits per heavy atom. The van der Waals surface area contributed by atoms with Crippen LogP contribution in [0, 0.1) is 16.7 Å². The van der Waals surface area contributed by atoms with Gasteiger partial charge in [-0.2, -0.15) is 0 Å². The molecule has 5 nitrogen and oxygen atoms in total. The van der Waals surface area contributed by atoms with E-state index in [0.717, 1.165) is 16.8 Å². The zero-order valence-electron chi connectivity index (χ0n) is 16.5. The number of ether oxygens (including phenoxy) is 1. The minimum Gasteiger partial charge on any atom is -0.445 e. The molecule has 1 aliphatic heterocycles. The van der Waals surface area contributed by atoms with E-state index >= 15 is 0 Å². The van der Waals surface area contributed by atoms with Gasteiger partial charge in [0.25, 0.3) is 0 Å². The van der Waals surface area contributed by atoms with Gasteiger partial charge in [-0.05, 0) is 22.6 Å². The van der Waals surface area contributed by atoms with Crippen LogP contribution in [0.25, 0.3) is 0 Å². The molecule has 0 spiro atoms. The predicted molar refractivity (Wildman–Crippen MR) is 109 cm³/mol. The third-order valence-electron chi connectivity index (χ3n) is 7.13. The van der Waals surface area contributed by atoms with Crippen molar-refractivity contribution >= 4 is 29.3 Å². The zero-order chi connectivity index (χ0) is 20.6. The Hall–Kier alpha value is -2.27. The highest BCUT2D eigenvalue weighted by molar-refractivity contribution is 6.30. The standard InChI is InChI=1S/C22H25ClN2O3/c1-6-22(4)14(23)10-12-18(28-20(24)27)16(22)11-8-7-9-13-15(11)17(21(12,2)3)19(26)25(13)5/h6-10,12,16-18H,1H2,2-5H3,(H2,24,27)/t12?,16?,17-,18?,22?/m1/s1. The van der Waals surface area contributed by atoms with E-state index in [9.17, 15) is 9.59 Å².